The Balaban J connectivity index is 1.24. The van der Waals surface area contributed by atoms with Crippen LogP contribution in [-0.4, -0.2) is 54.4 Å². The molecule has 3 saturated heterocycles. The van der Waals surface area contributed by atoms with Crippen LogP contribution in [0.2, 0.25) is 0 Å². The maximum absolute atomic E-state index is 13.7. The van der Waals surface area contributed by atoms with Crippen LogP contribution in [0.4, 0.5) is 0 Å². The fourth-order valence-corrected chi connectivity index (χ4v) is 6.74. The average Bonchev–Trinajstić information content (AvgIpc) is 2.93. The SMILES string of the molecule is O=C(O[C@H]1C[N+]2(CCCOc3ccccc3)CCC1CC2)[C@](O)(c1ccccc1)C1CCCCC1. The second-order valence-electron chi connectivity index (χ2n) is 11.0. The summed E-state index contributed by atoms with van der Waals surface area (Å²) in [5.41, 5.74) is -0.873. The Hall–Kier alpha value is -2.37. The van der Waals surface area contributed by atoms with E-state index in [1.165, 1.54) is 6.42 Å². The average molecular weight is 479 g/mol. The van der Waals surface area contributed by atoms with Crippen LogP contribution < -0.4 is 4.74 Å². The van der Waals surface area contributed by atoms with Gasteiger partial charge in [-0.3, -0.25) is 0 Å². The number of hydrogen-bond donors (Lipinski definition) is 1. The molecule has 5 heteroatoms. The standard InChI is InChI=1S/C30H40NO4/c32-29(30(33,25-11-4-1-5-12-25)26-13-6-2-7-14-26)35-28-23-31(20-17-24(28)18-21-31)19-10-22-34-27-15-8-3-9-16-27/h1,3-5,8-9,11-12,15-16,24,26,28,33H,2,6-7,10,13-14,17-23H2/q+1/t24?,28-,30-,31?/m0/s1. The van der Waals surface area contributed by atoms with Crippen molar-refractivity contribution < 1.29 is 23.9 Å². The third-order valence-corrected chi connectivity index (χ3v) is 8.81. The zero-order valence-corrected chi connectivity index (χ0v) is 20.8. The number of carbonyl (C=O) groups excluding carboxylic acids is 1. The van der Waals surface area contributed by atoms with E-state index in [2.05, 4.69) is 0 Å². The molecular weight excluding hydrogens is 438 g/mol. The molecule has 1 aliphatic carbocycles. The van der Waals surface area contributed by atoms with E-state index < -0.39 is 11.6 Å². The van der Waals surface area contributed by atoms with Crippen LogP contribution >= 0.6 is 0 Å². The molecule has 1 N–H and O–H groups in total. The van der Waals surface area contributed by atoms with Gasteiger partial charge in [-0.25, -0.2) is 4.79 Å². The van der Waals surface area contributed by atoms with Crippen molar-refractivity contribution >= 4 is 5.97 Å². The number of carbonyl (C=O) groups is 1. The molecule has 3 aliphatic heterocycles. The number of para-hydroxylation sites is 1. The van der Waals surface area contributed by atoms with E-state index in [0.717, 1.165) is 81.4 Å². The molecule has 2 aromatic rings. The Bertz CT molecular complexity index is 951. The van der Waals surface area contributed by atoms with Gasteiger partial charge in [0.25, 0.3) is 0 Å². The first-order valence-electron chi connectivity index (χ1n) is 13.6. The molecule has 0 spiro atoms. The van der Waals surface area contributed by atoms with Crippen molar-refractivity contribution in [1.82, 2.24) is 0 Å². The van der Waals surface area contributed by atoms with Crippen LogP contribution in [0.1, 0.15) is 56.9 Å². The molecule has 188 valence electrons. The smallest absolute Gasteiger partial charge is 0.343 e. The van der Waals surface area contributed by atoms with Crippen LogP contribution in [0.15, 0.2) is 60.7 Å². The summed E-state index contributed by atoms with van der Waals surface area (Å²) in [5.74, 6) is 0.816. The Morgan fingerprint density at radius 3 is 2.26 bits per heavy atom. The van der Waals surface area contributed by atoms with Gasteiger partial charge in [-0.15, -0.1) is 0 Å². The Morgan fingerprint density at radius 1 is 0.914 bits per heavy atom. The molecule has 1 saturated carbocycles. The van der Waals surface area contributed by atoms with Crippen LogP contribution in [0.5, 0.6) is 5.75 Å². The maximum atomic E-state index is 13.7. The summed E-state index contributed by atoms with van der Waals surface area (Å²) in [6.45, 7) is 4.90. The van der Waals surface area contributed by atoms with E-state index in [4.69, 9.17) is 9.47 Å². The third-order valence-electron chi connectivity index (χ3n) is 8.81. The van der Waals surface area contributed by atoms with Gasteiger partial charge in [0.2, 0.25) is 0 Å². The minimum Gasteiger partial charge on any atom is -0.493 e. The lowest BCUT2D eigenvalue weighted by atomic mass is 9.73. The number of esters is 1. The molecule has 2 aromatic carbocycles. The van der Waals surface area contributed by atoms with E-state index in [1.807, 2.05) is 60.7 Å². The highest BCUT2D eigenvalue weighted by Gasteiger charge is 2.52. The van der Waals surface area contributed by atoms with E-state index in [9.17, 15) is 9.90 Å². The zero-order chi connectivity index (χ0) is 24.1. The Morgan fingerprint density at radius 2 is 1.57 bits per heavy atom. The number of nitrogens with zero attached hydrogens (tertiary/aromatic N) is 1. The summed E-state index contributed by atoms with van der Waals surface area (Å²) in [6, 6.07) is 19.5. The van der Waals surface area contributed by atoms with E-state index in [-0.39, 0.29) is 12.0 Å². The van der Waals surface area contributed by atoms with Gasteiger partial charge >= 0.3 is 5.97 Å². The number of piperidine rings is 3. The highest BCUT2D eigenvalue weighted by Crippen LogP contribution is 2.42. The molecule has 0 aromatic heterocycles. The van der Waals surface area contributed by atoms with E-state index in [1.54, 1.807) is 0 Å². The lowest BCUT2D eigenvalue weighted by molar-refractivity contribution is -0.946. The molecule has 4 fully saturated rings. The summed E-state index contributed by atoms with van der Waals surface area (Å²) < 4.78 is 13.2. The number of ether oxygens (including phenoxy) is 2. The highest BCUT2D eigenvalue weighted by molar-refractivity contribution is 5.81. The number of hydrogen-bond acceptors (Lipinski definition) is 4. The van der Waals surface area contributed by atoms with Crippen molar-refractivity contribution in [2.24, 2.45) is 11.8 Å². The van der Waals surface area contributed by atoms with Gasteiger partial charge in [-0.05, 0) is 30.5 Å². The fourth-order valence-electron chi connectivity index (χ4n) is 6.74. The molecule has 0 radical (unpaired) electrons. The molecule has 4 aliphatic rings. The molecule has 3 heterocycles. The zero-order valence-electron chi connectivity index (χ0n) is 20.8. The van der Waals surface area contributed by atoms with Crippen molar-refractivity contribution in [3.8, 4) is 5.75 Å². The Labute approximate surface area is 209 Å². The minimum absolute atomic E-state index is 0.0782. The predicted molar refractivity (Wildman–Crippen MR) is 136 cm³/mol. The molecule has 2 bridgehead atoms. The van der Waals surface area contributed by atoms with Crippen LogP contribution in [0, 0.1) is 11.8 Å². The predicted octanol–water partition coefficient (Wildman–Crippen LogP) is 5.08. The second kappa shape index (κ2) is 10.7. The van der Waals surface area contributed by atoms with Crippen LogP contribution in [0.3, 0.4) is 0 Å². The Kier molecular flexibility index (Phi) is 7.45. The number of benzene rings is 2. The summed E-state index contributed by atoms with van der Waals surface area (Å²) in [5, 5.41) is 11.9. The third kappa shape index (κ3) is 5.26. The quantitative estimate of drug-likeness (QED) is 0.310. The van der Waals surface area contributed by atoms with Gasteiger partial charge < -0.3 is 19.1 Å². The second-order valence-corrected chi connectivity index (χ2v) is 11.0. The summed E-state index contributed by atoms with van der Waals surface area (Å²) >= 11 is 0. The van der Waals surface area contributed by atoms with Crippen LogP contribution in [-0.2, 0) is 15.1 Å². The molecular formula is C30H40NO4+. The van der Waals surface area contributed by atoms with Gasteiger partial charge in [-0.1, -0.05) is 67.8 Å². The first-order valence-corrected chi connectivity index (χ1v) is 13.6. The van der Waals surface area contributed by atoms with Crippen molar-refractivity contribution in [1.29, 1.82) is 0 Å². The van der Waals surface area contributed by atoms with Gasteiger partial charge in [0, 0.05) is 31.1 Å². The first-order chi connectivity index (χ1) is 17.1. The molecule has 5 nitrogen and oxygen atoms in total. The van der Waals surface area contributed by atoms with Crippen molar-refractivity contribution in [2.75, 3.05) is 32.8 Å². The largest absolute Gasteiger partial charge is 0.493 e. The molecule has 2 atom stereocenters. The maximum Gasteiger partial charge on any atom is 0.343 e. The molecule has 35 heavy (non-hydrogen) atoms. The molecule has 0 amide bonds. The number of aliphatic hydroxyl groups is 1. The lowest BCUT2D eigenvalue weighted by Gasteiger charge is -2.52. The molecule has 6 rings (SSSR count). The number of quaternary nitrogens is 1. The van der Waals surface area contributed by atoms with Gasteiger partial charge in [0.15, 0.2) is 11.7 Å². The number of rotatable bonds is 9. The molecule has 0 unspecified atom stereocenters. The van der Waals surface area contributed by atoms with Crippen molar-refractivity contribution in [3.05, 3.63) is 66.2 Å². The van der Waals surface area contributed by atoms with Gasteiger partial charge in [-0.2, -0.15) is 0 Å². The summed E-state index contributed by atoms with van der Waals surface area (Å²) in [4.78, 5) is 13.7. The minimum atomic E-state index is -1.55. The van der Waals surface area contributed by atoms with Crippen molar-refractivity contribution in [2.45, 2.75) is 63.1 Å². The fraction of sp³-hybridized carbons (Fsp3) is 0.567. The van der Waals surface area contributed by atoms with Crippen molar-refractivity contribution in [3.63, 3.8) is 0 Å². The van der Waals surface area contributed by atoms with Crippen LogP contribution in [0.25, 0.3) is 0 Å². The van der Waals surface area contributed by atoms with Gasteiger partial charge in [0.05, 0.1) is 26.2 Å². The van der Waals surface area contributed by atoms with E-state index in [0.29, 0.717) is 18.1 Å². The van der Waals surface area contributed by atoms with Gasteiger partial charge in [0.1, 0.15) is 12.3 Å². The lowest BCUT2D eigenvalue weighted by Crippen LogP contribution is -2.65. The topological polar surface area (TPSA) is 55.8 Å². The first kappa shape index (κ1) is 24.3. The summed E-state index contributed by atoms with van der Waals surface area (Å²) in [7, 11) is 0. The highest BCUT2D eigenvalue weighted by atomic mass is 16.6. The summed E-state index contributed by atoms with van der Waals surface area (Å²) in [6.07, 6.45) is 8.08. The monoisotopic (exact) mass is 478 g/mol. The normalized spacial score (nSPS) is 28.3. The number of fused-ring (bicyclic) bond motifs is 3. The van der Waals surface area contributed by atoms with E-state index >= 15 is 0 Å².